The van der Waals surface area contributed by atoms with Crippen LogP contribution in [0.4, 0.5) is 5.82 Å². The SMILES string of the molecule is CC.CCCNc1nc(P)ccc1C. The molecule has 3 heteroatoms. The first-order chi connectivity index (χ1) is 6.74. The van der Waals surface area contributed by atoms with E-state index in [2.05, 4.69) is 39.5 Å². The van der Waals surface area contributed by atoms with Crippen molar-refractivity contribution < 1.29 is 0 Å². The molecule has 0 aliphatic carbocycles. The number of nitrogens with one attached hydrogen (secondary N) is 1. The molecule has 0 saturated carbocycles. The van der Waals surface area contributed by atoms with E-state index < -0.39 is 0 Å². The Kier molecular flexibility index (Phi) is 7.41. The van der Waals surface area contributed by atoms with E-state index >= 15 is 0 Å². The van der Waals surface area contributed by atoms with Crippen molar-refractivity contribution >= 4 is 20.5 Å². The standard InChI is InChI=1S/C9H15N2P.C2H6/c1-3-6-10-9-7(2)4-5-8(12)11-9;1-2/h4-5H,3,6,12H2,1-2H3,(H,10,11);1-2H3. The molecule has 0 aliphatic rings. The smallest absolute Gasteiger partial charge is 0.129 e. The van der Waals surface area contributed by atoms with Crippen LogP contribution in [0.5, 0.6) is 0 Å². The fourth-order valence-corrected chi connectivity index (χ4v) is 1.19. The molecule has 14 heavy (non-hydrogen) atoms. The van der Waals surface area contributed by atoms with Crippen molar-refractivity contribution in [3.63, 3.8) is 0 Å². The van der Waals surface area contributed by atoms with Gasteiger partial charge in [0.1, 0.15) is 5.82 Å². The highest BCUT2D eigenvalue weighted by Gasteiger charge is 1.97. The second-order valence-corrected chi connectivity index (χ2v) is 3.42. The Morgan fingerprint density at radius 2 is 2.00 bits per heavy atom. The van der Waals surface area contributed by atoms with Gasteiger partial charge in [-0.15, -0.1) is 0 Å². The first kappa shape index (κ1) is 13.4. The molecule has 0 aliphatic heterocycles. The molecular weight excluding hydrogens is 191 g/mol. The van der Waals surface area contributed by atoms with Gasteiger partial charge in [-0.25, -0.2) is 4.98 Å². The van der Waals surface area contributed by atoms with Gasteiger partial charge in [-0.05, 0) is 25.0 Å². The molecule has 1 atom stereocenters. The number of hydrogen-bond acceptors (Lipinski definition) is 2. The molecular formula is C11H21N2P. The molecule has 0 saturated heterocycles. The largest absolute Gasteiger partial charge is 0.370 e. The van der Waals surface area contributed by atoms with Crippen LogP contribution in [0.2, 0.25) is 0 Å². The van der Waals surface area contributed by atoms with Gasteiger partial charge in [0, 0.05) is 6.54 Å². The Morgan fingerprint density at radius 3 is 2.57 bits per heavy atom. The van der Waals surface area contributed by atoms with Crippen LogP contribution in [-0.2, 0) is 0 Å². The van der Waals surface area contributed by atoms with E-state index in [0.29, 0.717) is 0 Å². The lowest BCUT2D eigenvalue weighted by Crippen LogP contribution is -2.08. The quantitative estimate of drug-likeness (QED) is 0.779. The van der Waals surface area contributed by atoms with Crippen LogP contribution >= 0.6 is 9.24 Å². The fourth-order valence-electron chi connectivity index (χ4n) is 0.966. The summed E-state index contributed by atoms with van der Waals surface area (Å²) >= 11 is 0. The maximum Gasteiger partial charge on any atom is 0.129 e. The Hall–Kier alpha value is -0.620. The predicted octanol–water partition coefficient (Wildman–Crippen LogP) is 2.74. The van der Waals surface area contributed by atoms with Crippen LogP contribution < -0.4 is 10.8 Å². The first-order valence-electron chi connectivity index (χ1n) is 5.21. The molecule has 1 aromatic rings. The van der Waals surface area contributed by atoms with E-state index in [9.17, 15) is 0 Å². The molecule has 80 valence electrons. The zero-order valence-corrected chi connectivity index (χ0v) is 10.7. The molecule has 1 N–H and O–H groups in total. The van der Waals surface area contributed by atoms with Crippen LogP contribution in [0.15, 0.2) is 12.1 Å². The zero-order valence-electron chi connectivity index (χ0n) is 9.59. The number of nitrogens with zero attached hydrogens (tertiary/aromatic N) is 1. The summed E-state index contributed by atoms with van der Waals surface area (Å²) in [5.74, 6) is 1.00. The normalized spacial score (nSPS) is 8.93. The summed E-state index contributed by atoms with van der Waals surface area (Å²) in [6.07, 6.45) is 1.13. The highest BCUT2D eigenvalue weighted by molar-refractivity contribution is 7.26. The van der Waals surface area contributed by atoms with Crippen molar-refractivity contribution in [2.45, 2.75) is 34.1 Å². The van der Waals surface area contributed by atoms with Gasteiger partial charge >= 0.3 is 0 Å². The van der Waals surface area contributed by atoms with Crippen molar-refractivity contribution in [3.05, 3.63) is 17.7 Å². The van der Waals surface area contributed by atoms with Gasteiger partial charge in [-0.2, -0.15) is 0 Å². The molecule has 0 radical (unpaired) electrons. The first-order valence-corrected chi connectivity index (χ1v) is 5.78. The number of anilines is 1. The van der Waals surface area contributed by atoms with Crippen molar-refractivity contribution in [2.75, 3.05) is 11.9 Å². The Morgan fingerprint density at radius 1 is 1.36 bits per heavy atom. The van der Waals surface area contributed by atoms with E-state index in [1.165, 1.54) is 5.56 Å². The van der Waals surface area contributed by atoms with Gasteiger partial charge in [0.15, 0.2) is 0 Å². The van der Waals surface area contributed by atoms with E-state index in [-0.39, 0.29) is 0 Å². The lowest BCUT2D eigenvalue weighted by atomic mass is 10.3. The molecule has 1 rings (SSSR count). The van der Waals surface area contributed by atoms with Crippen molar-refractivity contribution in [1.82, 2.24) is 4.98 Å². The lowest BCUT2D eigenvalue weighted by Gasteiger charge is -2.07. The molecule has 1 unspecified atom stereocenters. The highest BCUT2D eigenvalue weighted by Crippen LogP contribution is 2.08. The number of aromatic nitrogens is 1. The summed E-state index contributed by atoms with van der Waals surface area (Å²) in [6, 6.07) is 4.07. The van der Waals surface area contributed by atoms with Crippen LogP contribution in [0.25, 0.3) is 0 Å². The maximum atomic E-state index is 4.36. The lowest BCUT2D eigenvalue weighted by molar-refractivity contribution is 0.967. The predicted molar refractivity (Wildman–Crippen MR) is 68.4 cm³/mol. The number of pyridine rings is 1. The fraction of sp³-hybridized carbons (Fsp3) is 0.545. The number of rotatable bonds is 3. The summed E-state index contributed by atoms with van der Waals surface area (Å²) < 4.78 is 0. The minimum absolute atomic E-state index is 0.985. The van der Waals surface area contributed by atoms with Gasteiger partial charge in [0.25, 0.3) is 0 Å². The summed E-state index contributed by atoms with van der Waals surface area (Å²) in [5.41, 5.74) is 2.19. The Balaban J connectivity index is 0.000000791. The second kappa shape index (κ2) is 7.75. The average molecular weight is 212 g/mol. The molecule has 0 aromatic carbocycles. The van der Waals surface area contributed by atoms with Crippen molar-refractivity contribution in [3.8, 4) is 0 Å². The molecule has 0 amide bonds. The van der Waals surface area contributed by atoms with Crippen molar-refractivity contribution in [2.24, 2.45) is 0 Å². The number of aryl methyl sites for hydroxylation is 1. The third-order valence-corrected chi connectivity index (χ3v) is 1.98. The Labute approximate surface area is 89.7 Å². The molecule has 0 fully saturated rings. The summed E-state index contributed by atoms with van der Waals surface area (Å²) in [5, 5.41) is 3.28. The van der Waals surface area contributed by atoms with Gasteiger partial charge in [-0.1, -0.05) is 36.1 Å². The topological polar surface area (TPSA) is 24.9 Å². The third kappa shape index (κ3) is 4.57. The van der Waals surface area contributed by atoms with Crippen LogP contribution in [0, 0.1) is 6.92 Å². The van der Waals surface area contributed by atoms with Gasteiger partial charge in [0.05, 0.1) is 5.44 Å². The van der Waals surface area contributed by atoms with E-state index in [0.717, 1.165) is 24.2 Å². The highest BCUT2D eigenvalue weighted by atomic mass is 31.0. The third-order valence-electron chi connectivity index (χ3n) is 1.66. The minimum Gasteiger partial charge on any atom is -0.370 e. The number of hydrogen-bond donors (Lipinski definition) is 1. The summed E-state index contributed by atoms with van der Waals surface area (Å²) in [6.45, 7) is 9.20. The van der Waals surface area contributed by atoms with Crippen LogP contribution in [0.3, 0.4) is 0 Å². The van der Waals surface area contributed by atoms with E-state index in [4.69, 9.17) is 0 Å². The monoisotopic (exact) mass is 212 g/mol. The molecule has 1 heterocycles. The molecule has 0 bridgehead atoms. The second-order valence-electron chi connectivity index (χ2n) is 2.83. The van der Waals surface area contributed by atoms with Crippen LogP contribution in [0.1, 0.15) is 32.8 Å². The summed E-state index contributed by atoms with van der Waals surface area (Å²) in [4.78, 5) is 4.36. The van der Waals surface area contributed by atoms with Crippen molar-refractivity contribution in [1.29, 1.82) is 0 Å². The van der Waals surface area contributed by atoms with Gasteiger partial charge in [-0.3, -0.25) is 0 Å². The minimum atomic E-state index is 0.985. The maximum absolute atomic E-state index is 4.36. The molecule has 1 aromatic heterocycles. The van der Waals surface area contributed by atoms with Gasteiger partial charge < -0.3 is 5.32 Å². The Bertz CT molecular complexity index is 261. The van der Waals surface area contributed by atoms with Gasteiger partial charge in [0.2, 0.25) is 0 Å². The van der Waals surface area contributed by atoms with Crippen LogP contribution in [-0.4, -0.2) is 11.5 Å². The molecule has 0 spiro atoms. The van der Waals surface area contributed by atoms with E-state index in [1.807, 2.05) is 19.9 Å². The zero-order chi connectivity index (χ0) is 11.0. The summed E-state index contributed by atoms with van der Waals surface area (Å²) in [7, 11) is 2.60. The average Bonchev–Trinajstić information content (AvgIpc) is 2.22. The molecule has 2 nitrogen and oxygen atoms in total. The van der Waals surface area contributed by atoms with E-state index in [1.54, 1.807) is 0 Å².